The van der Waals surface area contributed by atoms with Gasteiger partial charge in [0.25, 0.3) is 0 Å². The quantitative estimate of drug-likeness (QED) is 0.897. The number of rotatable bonds is 5. The molecule has 2 aliphatic heterocycles. The molecule has 1 amide bonds. The van der Waals surface area contributed by atoms with E-state index in [0.717, 1.165) is 26.2 Å². The van der Waals surface area contributed by atoms with Crippen LogP contribution in [-0.4, -0.2) is 47.1 Å². The van der Waals surface area contributed by atoms with Crippen LogP contribution in [0.2, 0.25) is 0 Å². The number of halogens is 1. The van der Waals surface area contributed by atoms with Gasteiger partial charge in [-0.25, -0.2) is 4.39 Å². The number of amides is 1. The van der Waals surface area contributed by atoms with Gasteiger partial charge in [-0.15, -0.1) is 0 Å². The molecule has 2 fully saturated rings. The molecule has 0 radical (unpaired) electrons. The minimum Gasteiger partial charge on any atom is -0.342 e. The van der Waals surface area contributed by atoms with E-state index in [1.54, 1.807) is 12.1 Å². The van der Waals surface area contributed by atoms with Crippen molar-refractivity contribution in [2.45, 2.75) is 19.3 Å². The molecule has 25 heavy (non-hydrogen) atoms. The highest BCUT2D eigenvalue weighted by Gasteiger charge is 2.37. The third-order valence-corrected chi connectivity index (χ3v) is 5.09. The molecule has 1 N–H and O–H groups in total. The van der Waals surface area contributed by atoms with E-state index in [1.165, 1.54) is 12.1 Å². The van der Waals surface area contributed by atoms with Crippen LogP contribution < -0.4 is 5.32 Å². The summed E-state index contributed by atoms with van der Waals surface area (Å²) in [6.45, 7) is 3.82. The second-order valence-corrected chi connectivity index (χ2v) is 6.85. The van der Waals surface area contributed by atoms with Gasteiger partial charge in [0.2, 0.25) is 17.6 Å². The number of carbonyl (C=O) groups excluding carboxylic acids is 1. The third-order valence-electron chi connectivity index (χ3n) is 5.09. The van der Waals surface area contributed by atoms with Crippen LogP contribution in [0.1, 0.15) is 18.7 Å². The van der Waals surface area contributed by atoms with Crippen LogP contribution >= 0.6 is 0 Å². The Morgan fingerprint density at radius 1 is 1.24 bits per heavy atom. The lowest BCUT2D eigenvalue weighted by Gasteiger charge is -2.17. The van der Waals surface area contributed by atoms with Crippen molar-refractivity contribution in [2.75, 3.05) is 26.2 Å². The number of benzene rings is 1. The Balaban J connectivity index is 1.26. The van der Waals surface area contributed by atoms with Crippen molar-refractivity contribution in [3.63, 3.8) is 0 Å². The second-order valence-electron chi connectivity index (χ2n) is 6.85. The molecule has 7 heteroatoms. The summed E-state index contributed by atoms with van der Waals surface area (Å²) in [5, 5.41) is 7.30. The third kappa shape index (κ3) is 3.56. The number of carbonyl (C=O) groups is 1. The fourth-order valence-corrected chi connectivity index (χ4v) is 3.68. The SMILES string of the molecule is O=C(CCCc1nc(-c2ccc(F)cc2)no1)N1C[C@H]2CNC[C@H]2C1. The maximum absolute atomic E-state index is 12.9. The molecular formula is C18H21FN4O2. The molecule has 0 saturated carbocycles. The standard InChI is InChI=1S/C18H21FN4O2/c19-15-6-4-12(5-7-15)18-21-16(25-22-18)2-1-3-17(24)23-10-13-8-20-9-14(13)11-23/h4-7,13-14,20H,1-3,8-11H2/t13-,14+. The molecule has 2 saturated heterocycles. The molecule has 1 aromatic carbocycles. The van der Waals surface area contributed by atoms with Crippen molar-refractivity contribution >= 4 is 5.91 Å². The van der Waals surface area contributed by atoms with Crippen LogP contribution in [0, 0.1) is 17.7 Å². The van der Waals surface area contributed by atoms with Crippen LogP contribution in [0.3, 0.4) is 0 Å². The number of hydrogen-bond donors (Lipinski definition) is 1. The molecule has 132 valence electrons. The molecule has 2 aromatic rings. The van der Waals surface area contributed by atoms with Crippen molar-refractivity contribution in [3.8, 4) is 11.4 Å². The number of hydrogen-bond acceptors (Lipinski definition) is 5. The first-order valence-electron chi connectivity index (χ1n) is 8.76. The first-order chi connectivity index (χ1) is 12.2. The summed E-state index contributed by atoms with van der Waals surface area (Å²) in [5.41, 5.74) is 0.713. The summed E-state index contributed by atoms with van der Waals surface area (Å²) >= 11 is 0. The smallest absolute Gasteiger partial charge is 0.226 e. The first-order valence-corrected chi connectivity index (χ1v) is 8.76. The minimum atomic E-state index is -0.298. The number of likely N-dealkylation sites (tertiary alicyclic amines) is 1. The molecule has 2 aliphatic rings. The number of aryl methyl sites for hydroxylation is 1. The zero-order valence-electron chi connectivity index (χ0n) is 13.9. The zero-order chi connectivity index (χ0) is 17.2. The highest BCUT2D eigenvalue weighted by Crippen LogP contribution is 2.27. The van der Waals surface area contributed by atoms with Crippen LogP contribution in [-0.2, 0) is 11.2 Å². The Kier molecular flexibility index (Phi) is 4.48. The summed E-state index contributed by atoms with van der Waals surface area (Å²) < 4.78 is 18.2. The van der Waals surface area contributed by atoms with E-state index in [4.69, 9.17) is 4.52 Å². The number of fused-ring (bicyclic) bond motifs is 1. The summed E-state index contributed by atoms with van der Waals surface area (Å²) in [6.07, 6.45) is 1.76. The molecule has 2 atom stereocenters. The first kappa shape index (κ1) is 16.2. The van der Waals surface area contributed by atoms with E-state index in [0.29, 0.717) is 48.4 Å². The molecule has 6 nitrogen and oxygen atoms in total. The van der Waals surface area contributed by atoms with Gasteiger partial charge in [0.15, 0.2) is 0 Å². The number of aromatic nitrogens is 2. The van der Waals surface area contributed by atoms with Crippen LogP contribution in [0.15, 0.2) is 28.8 Å². The fourth-order valence-electron chi connectivity index (χ4n) is 3.68. The predicted molar refractivity (Wildman–Crippen MR) is 89.1 cm³/mol. The molecule has 3 heterocycles. The van der Waals surface area contributed by atoms with Crippen LogP contribution in [0.4, 0.5) is 4.39 Å². The van der Waals surface area contributed by atoms with Crippen LogP contribution in [0.5, 0.6) is 0 Å². The highest BCUT2D eigenvalue weighted by molar-refractivity contribution is 5.76. The Hall–Kier alpha value is -2.28. The van der Waals surface area contributed by atoms with E-state index < -0.39 is 0 Å². The largest absolute Gasteiger partial charge is 0.342 e. The van der Waals surface area contributed by atoms with E-state index in [2.05, 4.69) is 15.5 Å². The van der Waals surface area contributed by atoms with Crippen molar-refractivity contribution < 1.29 is 13.7 Å². The van der Waals surface area contributed by atoms with Gasteiger partial charge in [-0.2, -0.15) is 4.98 Å². The zero-order valence-corrected chi connectivity index (χ0v) is 13.9. The Morgan fingerprint density at radius 3 is 2.68 bits per heavy atom. The second kappa shape index (κ2) is 6.92. The highest BCUT2D eigenvalue weighted by atomic mass is 19.1. The maximum atomic E-state index is 12.9. The van der Waals surface area contributed by atoms with Crippen molar-refractivity contribution in [1.29, 1.82) is 0 Å². The van der Waals surface area contributed by atoms with E-state index in [9.17, 15) is 9.18 Å². The Bertz CT molecular complexity index is 734. The normalized spacial score (nSPS) is 22.4. The summed E-state index contributed by atoms with van der Waals surface area (Å²) in [4.78, 5) is 18.6. The van der Waals surface area contributed by atoms with E-state index in [-0.39, 0.29) is 11.7 Å². The predicted octanol–water partition coefficient (Wildman–Crippen LogP) is 1.88. The van der Waals surface area contributed by atoms with Gasteiger partial charge in [-0.05, 0) is 42.5 Å². The van der Waals surface area contributed by atoms with Gasteiger partial charge in [0.1, 0.15) is 5.82 Å². The molecular weight excluding hydrogens is 323 g/mol. The van der Waals surface area contributed by atoms with Gasteiger partial charge in [-0.1, -0.05) is 5.16 Å². The lowest BCUT2D eigenvalue weighted by atomic mass is 10.0. The Labute approximate surface area is 145 Å². The lowest BCUT2D eigenvalue weighted by Crippen LogP contribution is -2.31. The molecule has 0 spiro atoms. The van der Waals surface area contributed by atoms with Crippen molar-refractivity contribution in [2.24, 2.45) is 11.8 Å². The molecule has 0 aliphatic carbocycles. The minimum absolute atomic E-state index is 0.215. The van der Waals surface area contributed by atoms with Crippen molar-refractivity contribution in [1.82, 2.24) is 20.4 Å². The van der Waals surface area contributed by atoms with E-state index >= 15 is 0 Å². The maximum Gasteiger partial charge on any atom is 0.226 e. The Morgan fingerprint density at radius 2 is 1.96 bits per heavy atom. The van der Waals surface area contributed by atoms with Crippen LogP contribution in [0.25, 0.3) is 11.4 Å². The topological polar surface area (TPSA) is 71.3 Å². The summed E-state index contributed by atoms with van der Waals surface area (Å²) in [5.74, 6) is 2.12. The van der Waals surface area contributed by atoms with Gasteiger partial charge >= 0.3 is 0 Å². The summed E-state index contributed by atoms with van der Waals surface area (Å²) in [6, 6.07) is 5.97. The number of nitrogens with one attached hydrogen (secondary N) is 1. The monoisotopic (exact) mass is 344 g/mol. The molecule has 4 rings (SSSR count). The number of nitrogens with zero attached hydrogens (tertiary/aromatic N) is 3. The average Bonchev–Trinajstić information content (AvgIpc) is 3.31. The van der Waals surface area contributed by atoms with Gasteiger partial charge in [0.05, 0.1) is 0 Å². The van der Waals surface area contributed by atoms with Gasteiger partial charge in [-0.3, -0.25) is 4.79 Å². The average molecular weight is 344 g/mol. The van der Waals surface area contributed by atoms with Gasteiger partial charge in [0, 0.05) is 44.6 Å². The van der Waals surface area contributed by atoms with Crippen molar-refractivity contribution in [3.05, 3.63) is 36.0 Å². The van der Waals surface area contributed by atoms with Gasteiger partial charge < -0.3 is 14.7 Å². The van der Waals surface area contributed by atoms with E-state index in [1.807, 2.05) is 4.90 Å². The molecule has 0 bridgehead atoms. The summed E-state index contributed by atoms with van der Waals surface area (Å²) in [7, 11) is 0. The fraction of sp³-hybridized carbons (Fsp3) is 0.500. The molecule has 1 aromatic heterocycles. The molecule has 0 unspecified atom stereocenters. The lowest BCUT2D eigenvalue weighted by molar-refractivity contribution is -0.130.